The molecule has 1 atom stereocenters. The molecule has 0 saturated carbocycles. The zero-order chi connectivity index (χ0) is 17.9. The van der Waals surface area contributed by atoms with Gasteiger partial charge < -0.3 is 14.3 Å². The van der Waals surface area contributed by atoms with E-state index in [0.29, 0.717) is 36.9 Å². The van der Waals surface area contributed by atoms with Crippen molar-refractivity contribution in [3.63, 3.8) is 0 Å². The van der Waals surface area contributed by atoms with Gasteiger partial charge in [0.25, 0.3) is 0 Å². The van der Waals surface area contributed by atoms with Gasteiger partial charge >= 0.3 is 0 Å². The molecule has 9 heteroatoms. The smallest absolute Gasteiger partial charge is 0.237 e. The predicted molar refractivity (Wildman–Crippen MR) is 89.7 cm³/mol. The molecule has 9 nitrogen and oxygen atoms in total. The highest BCUT2D eigenvalue weighted by Gasteiger charge is 2.32. The molecule has 1 amide bonds. The highest BCUT2D eigenvalue weighted by molar-refractivity contribution is 5.82. The van der Waals surface area contributed by atoms with Crippen molar-refractivity contribution in [3.8, 4) is 11.5 Å². The van der Waals surface area contributed by atoms with E-state index in [-0.39, 0.29) is 5.91 Å². The summed E-state index contributed by atoms with van der Waals surface area (Å²) in [5.41, 5.74) is 0.526. The van der Waals surface area contributed by atoms with E-state index in [0.717, 1.165) is 18.1 Å². The molecule has 0 aliphatic carbocycles. The van der Waals surface area contributed by atoms with Crippen molar-refractivity contribution in [3.05, 3.63) is 47.9 Å². The number of nitrogens with one attached hydrogen (secondary N) is 1. The second-order valence-corrected chi connectivity index (χ2v) is 6.11. The monoisotopic (exact) mass is 354 g/mol. The van der Waals surface area contributed by atoms with Gasteiger partial charge in [0.15, 0.2) is 0 Å². The lowest BCUT2D eigenvalue weighted by molar-refractivity contribution is -0.129. The molecular weight excluding hydrogens is 336 g/mol. The molecule has 0 bridgehead atoms. The van der Waals surface area contributed by atoms with Crippen molar-refractivity contribution in [1.82, 2.24) is 30.6 Å². The summed E-state index contributed by atoms with van der Waals surface area (Å²) < 4.78 is 11.0. The Bertz CT molecular complexity index is 891. The number of hydrogen-bond donors (Lipinski definition) is 1. The Morgan fingerprint density at radius 3 is 3.04 bits per heavy atom. The van der Waals surface area contributed by atoms with E-state index in [9.17, 15) is 4.79 Å². The van der Waals surface area contributed by atoms with Crippen molar-refractivity contribution < 1.29 is 13.7 Å². The van der Waals surface area contributed by atoms with Gasteiger partial charge in [-0.1, -0.05) is 5.16 Å². The van der Waals surface area contributed by atoms with Gasteiger partial charge in [-0.2, -0.15) is 10.1 Å². The van der Waals surface area contributed by atoms with Crippen LogP contribution in [0.4, 0.5) is 0 Å². The number of nitrogens with zero attached hydrogens (tertiary/aromatic N) is 5. The van der Waals surface area contributed by atoms with E-state index < -0.39 is 6.04 Å². The fraction of sp³-hybridized carbons (Fsp3) is 0.353. The minimum atomic E-state index is -0.399. The summed E-state index contributed by atoms with van der Waals surface area (Å²) in [6, 6.07) is 6.95. The molecule has 0 spiro atoms. The quantitative estimate of drug-likeness (QED) is 0.722. The van der Waals surface area contributed by atoms with Gasteiger partial charge in [-0.25, -0.2) is 0 Å². The van der Waals surface area contributed by atoms with Crippen LogP contribution >= 0.6 is 0 Å². The summed E-state index contributed by atoms with van der Waals surface area (Å²) in [6.45, 7) is 3.78. The fourth-order valence-corrected chi connectivity index (χ4v) is 2.97. The molecule has 4 heterocycles. The molecule has 1 N–H and O–H groups in total. The standard InChI is InChI=1S/C17H18N6O3/c1-11-4-5-12(25-11)10-23-8-7-18-17(24)14(23)9-15-20-16(22-26-15)13-3-2-6-19-21-13/h2-6,14H,7-10H2,1H3,(H,18,24)/t14-/m0/s1. The average molecular weight is 354 g/mol. The highest BCUT2D eigenvalue weighted by atomic mass is 16.5. The van der Waals surface area contributed by atoms with Crippen molar-refractivity contribution >= 4 is 5.91 Å². The first kappa shape index (κ1) is 16.4. The molecule has 4 rings (SSSR count). The third kappa shape index (κ3) is 3.47. The first-order valence-corrected chi connectivity index (χ1v) is 8.37. The molecule has 0 unspecified atom stereocenters. The van der Waals surface area contributed by atoms with Gasteiger partial charge in [0.2, 0.25) is 17.6 Å². The van der Waals surface area contributed by atoms with Crippen molar-refractivity contribution in [2.24, 2.45) is 0 Å². The van der Waals surface area contributed by atoms with Crippen LogP contribution < -0.4 is 5.32 Å². The minimum absolute atomic E-state index is 0.0567. The van der Waals surface area contributed by atoms with E-state index in [1.54, 1.807) is 18.3 Å². The summed E-state index contributed by atoms with van der Waals surface area (Å²) in [6.07, 6.45) is 1.89. The van der Waals surface area contributed by atoms with Crippen molar-refractivity contribution in [2.75, 3.05) is 13.1 Å². The Balaban J connectivity index is 1.50. The number of furan rings is 1. The highest BCUT2D eigenvalue weighted by Crippen LogP contribution is 2.18. The van der Waals surface area contributed by atoms with Crippen LogP contribution in [-0.4, -0.2) is 50.3 Å². The topological polar surface area (TPSA) is 110 Å². The number of aromatic nitrogens is 4. The summed E-state index contributed by atoms with van der Waals surface area (Å²) in [7, 11) is 0. The third-order valence-electron chi connectivity index (χ3n) is 4.23. The Morgan fingerprint density at radius 2 is 2.27 bits per heavy atom. The molecule has 0 aromatic carbocycles. The minimum Gasteiger partial charge on any atom is -0.465 e. The van der Waals surface area contributed by atoms with Crippen LogP contribution in [0.2, 0.25) is 0 Å². The lowest BCUT2D eigenvalue weighted by Crippen LogP contribution is -2.55. The number of hydrogen-bond acceptors (Lipinski definition) is 8. The maximum absolute atomic E-state index is 12.4. The molecule has 3 aromatic heterocycles. The summed E-state index contributed by atoms with van der Waals surface area (Å²) in [5, 5.41) is 14.6. The maximum Gasteiger partial charge on any atom is 0.237 e. The van der Waals surface area contributed by atoms with E-state index in [1.807, 2.05) is 19.1 Å². The number of carbonyl (C=O) groups excluding carboxylic acids is 1. The molecule has 1 aliphatic rings. The van der Waals surface area contributed by atoms with Gasteiger partial charge in [-0.05, 0) is 31.2 Å². The molecule has 1 saturated heterocycles. The van der Waals surface area contributed by atoms with Crippen LogP contribution in [0.15, 0.2) is 39.4 Å². The molecule has 3 aromatic rings. The van der Waals surface area contributed by atoms with Crippen LogP contribution in [0.25, 0.3) is 11.5 Å². The molecule has 0 radical (unpaired) electrons. The zero-order valence-corrected chi connectivity index (χ0v) is 14.3. The van der Waals surface area contributed by atoms with Gasteiger partial charge in [-0.3, -0.25) is 9.69 Å². The molecule has 134 valence electrons. The second-order valence-electron chi connectivity index (χ2n) is 6.11. The number of piperazine rings is 1. The van der Waals surface area contributed by atoms with Crippen LogP contribution in [0.3, 0.4) is 0 Å². The summed E-state index contributed by atoms with van der Waals surface area (Å²) in [4.78, 5) is 18.8. The number of rotatable bonds is 5. The lowest BCUT2D eigenvalue weighted by Gasteiger charge is -2.33. The predicted octanol–water partition coefficient (Wildman–Crippen LogP) is 0.971. The molecule has 1 fully saturated rings. The van der Waals surface area contributed by atoms with E-state index in [2.05, 4.69) is 30.6 Å². The zero-order valence-electron chi connectivity index (χ0n) is 14.3. The fourth-order valence-electron chi connectivity index (χ4n) is 2.97. The van der Waals surface area contributed by atoms with Crippen molar-refractivity contribution in [2.45, 2.75) is 25.9 Å². The molecule has 26 heavy (non-hydrogen) atoms. The first-order valence-electron chi connectivity index (χ1n) is 8.37. The summed E-state index contributed by atoms with van der Waals surface area (Å²) in [5.74, 6) is 2.36. The number of aryl methyl sites for hydroxylation is 1. The maximum atomic E-state index is 12.4. The van der Waals surface area contributed by atoms with Crippen LogP contribution in [0, 0.1) is 6.92 Å². The second kappa shape index (κ2) is 7.04. The van der Waals surface area contributed by atoms with Gasteiger partial charge in [-0.15, -0.1) is 5.10 Å². The van der Waals surface area contributed by atoms with E-state index in [1.165, 1.54) is 0 Å². The SMILES string of the molecule is Cc1ccc(CN2CCNC(=O)[C@@H]2Cc2nc(-c3cccnn3)no2)o1. The Labute approximate surface area is 149 Å². The third-order valence-corrected chi connectivity index (χ3v) is 4.23. The van der Waals surface area contributed by atoms with Crippen LogP contribution in [-0.2, 0) is 17.8 Å². The Hall–Kier alpha value is -3.07. The van der Waals surface area contributed by atoms with Gasteiger partial charge in [0.1, 0.15) is 17.2 Å². The molecule has 1 aliphatic heterocycles. The Kier molecular flexibility index (Phi) is 4.44. The first-order chi connectivity index (χ1) is 12.7. The number of carbonyl (C=O) groups is 1. The van der Waals surface area contributed by atoms with E-state index >= 15 is 0 Å². The van der Waals surface area contributed by atoms with Crippen LogP contribution in [0.5, 0.6) is 0 Å². The Morgan fingerprint density at radius 1 is 1.35 bits per heavy atom. The lowest BCUT2D eigenvalue weighted by atomic mass is 10.1. The van der Waals surface area contributed by atoms with Crippen molar-refractivity contribution in [1.29, 1.82) is 0 Å². The van der Waals surface area contributed by atoms with Gasteiger partial charge in [0.05, 0.1) is 19.0 Å². The van der Waals surface area contributed by atoms with Gasteiger partial charge in [0, 0.05) is 19.3 Å². The normalized spacial score (nSPS) is 18.0. The van der Waals surface area contributed by atoms with E-state index in [4.69, 9.17) is 8.94 Å². The average Bonchev–Trinajstić information content (AvgIpc) is 3.28. The largest absolute Gasteiger partial charge is 0.465 e. The number of amides is 1. The summed E-state index contributed by atoms with van der Waals surface area (Å²) >= 11 is 0. The van der Waals surface area contributed by atoms with Crippen LogP contribution in [0.1, 0.15) is 17.4 Å². The molecular formula is C17H18N6O3.